The summed E-state index contributed by atoms with van der Waals surface area (Å²) in [6, 6.07) is 5.52. The summed E-state index contributed by atoms with van der Waals surface area (Å²) in [4.78, 5) is 5.41. The molecule has 0 fully saturated rings. The lowest BCUT2D eigenvalue weighted by atomic mass is 10.3. The first-order chi connectivity index (χ1) is 7.66. The van der Waals surface area contributed by atoms with Crippen LogP contribution in [-0.4, -0.2) is 4.98 Å². The largest absolute Gasteiger partial charge is 0.396 e. The predicted molar refractivity (Wildman–Crippen MR) is 70.0 cm³/mol. The highest BCUT2D eigenvalue weighted by Gasteiger charge is 2.03. The van der Waals surface area contributed by atoms with Crippen molar-refractivity contribution in [3.8, 4) is 0 Å². The minimum Gasteiger partial charge on any atom is -0.396 e. The summed E-state index contributed by atoms with van der Waals surface area (Å²) in [7, 11) is 0. The number of nitrogens with zero attached hydrogens (tertiary/aromatic N) is 1. The van der Waals surface area contributed by atoms with E-state index in [9.17, 15) is 0 Å². The Labute approximate surface area is 103 Å². The number of hydrogen-bond acceptors (Lipinski definition) is 4. The van der Waals surface area contributed by atoms with Crippen molar-refractivity contribution in [2.24, 2.45) is 0 Å². The maximum atomic E-state index is 5.80. The number of nitrogens with one attached hydrogen (secondary N) is 1. The third kappa shape index (κ3) is 2.46. The van der Waals surface area contributed by atoms with E-state index >= 15 is 0 Å². The fourth-order valence-corrected chi connectivity index (χ4v) is 2.33. The Morgan fingerprint density at radius 2 is 2.25 bits per heavy atom. The Balaban J connectivity index is 2.10. The summed E-state index contributed by atoms with van der Waals surface area (Å²) in [5.74, 6) is 0.639. The van der Waals surface area contributed by atoms with Crippen LogP contribution >= 0.6 is 22.9 Å². The number of aryl methyl sites for hydroxylation is 1. The normalized spacial score (nSPS) is 10.4. The van der Waals surface area contributed by atoms with Gasteiger partial charge < -0.3 is 11.1 Å². The molecule has 0 spiro atoms. The molecule has 2 heterocycles. The average Bonchev–Trinajstić information content (AvgIpc) is 2.66. The molecule has 0 aliphatic heterocycles. The first-order valence-corrected chi connectivity index (χ1v) is 6.11. The number of halogens is 1. The first-order valence-electron chi connectivity index (χ1n) is 4.85. The average molecular weight is 254 g/mol. The van der Waals surface area contributed by atoms with E-state index in [2.05, 4.69) is 28.7 Å². The van der Waals surface area contributed by atoms with Gasteiger partial charge in [-0.3, -0.25) is 0 Å². The maximum Gasteiger partial charge on any atom is 0.151 e. The molecule has 0 aliphatic carbocycles. The number of rotatable bonds is 3. The SMILES string of the molecule is Cc1ccsc1CNc1nc(Cl)ccc1N. The molecule has 0 radical (unpaired) electrons. The van der Waals surface area contributed by atoms with Crippen LogP contribution in [0.25, 0.3) is 0 Å². The van der Waals surface area contributed by atoms with E-state index < -0.39 is 0 Å². The fraction of sp³-hybridized carbons (Fsp3) is 0.182. The van der Waals surface area contributed by atoms with E-state index in [-0.39, 0.29) is 0 Å². The Kier molecular flexibility index (Phi) is 3.31. The lowest BCUT2D eigenvalue weighted by Gasteiger charge is -2.07. The van der Waals surface area contributed by atoms with E-state index in [1.165, 1.54) is 10.4 Å². The third-order valence-corrected chi connectivity index (χ3v) is 3.51. The van der Waals surface area contributed by atoms with Gasteiger partial charge in [-0.25, -0.2) is 4.98 Å². The van der Waals surface area contributed by atoms with Crippen LogP contribution in [-0.2, 0) is 6.54 Å². The van der Waals surface area contributed by atoms with Crippen LogP contribution in [0, 0.1) is 6.92 Å². The minimum absolute atomic E-state index is 0.444. The number of aromatic nitrogens is 1. The Hall–Kier alpha value is -1.26. The second-order valence-corrected chi connectivity index (χ2v) is 4.84. The molecule has 3 N–H and O–H groups in total. The number of pyridine rings is 1. The van der Waals surface area contributed by atoms with Gasteiger partial charge in [-0.15, -0.1) is 11.3 Å². The summed E-state index contributed by atoms with van der Waals surface area (Å²) in [6.07, 6.45) is 0. The Morgan fingerprint density at radius 3 is 2.94 bits per heavy atom. The number of nitrogen functional groups attached to an aromatic ring is 1. The van der Waals surface area contributed by atoms with Gasteiger partial charge in [0.1, 0.15) is 5.15 Å². The lowest BCUT2D eigenvalue weighted by molar-refractivity contribution is 1.13. The Morgan fingerprint density at radius 1 is 1.44 bits per heavy atom. The van der Waals surface area contributed by atoms with Crippen molar-refractivity contribution in [1.29, 1.82) is 0 Å². The zero-order valence-corrected chi connectivity index (χ0v) is 10.4. The van der Waals surface area contributed by atoms with Crippen LogP contribution in [0.2, 0.25) is 5.15 Å². The topological polar surface area (TPSA) is 50.9 Å². The van der Waals surface area contributed by atoms with Crippen molar-refractivity contribution in [2.75, 3.05) is 11.1 Å². The Bertz CT molecular complexity index is 496. The van der Waals surface area contributed by atoms with Crippen molar-refractivity contribution < 1.29 is 0 Å². The van der Waals surface area contributed by atoms with Gasteiger partial charge in [0.25, 0.3) is 0 Å². The molecule has 16 heavy (non-hydrogen) atoms. The van der Waals surface area contributed by atoms with E-state index in [1.54, 1.807) is 23.5 Å². The van der Waals surface area contributed by atoms with Gasteiger partial charge in [0.2, 0.25) is 0 Å². The molecule has 0 unspecified atom stereocenters. The molecule has 0 aliphatic rings. The predicted octanol–water partition coefficient (Wildman–Crippen LogP) is 3.30. The summed E-state index contributed by atoms with van der Waals surface area (Å²) < 4.78 is 0. The third-order valence-electron chi connectivity index (χ3n) is 2.28. The molecular weight excluding hydrogens is 242 g/mol. The van der Waals surface area contributed by atoms with Crippen LogP contribution in [0.1, 0.15) is 10.4 Å². The molecule has 0 bridgehead atoms. The quantitative estimate of drug-likeness (QED) is 0.826. The van der Waals surface area contributed by atoms with Crippen molar-refractivity contribution in [3.63, 3.8) is 0 Å². The summed E-state index contributed by atoms with van der Waals surface area (Å²) in [6.45, 7) is 2.81. The lowest BCUT2D eigenvalue weighted by Crippen LogP contribution is -2.04. The molecule has 2 rings (SSSR count). The molecule has 0 saturated carbocycles. The molecule has 2 aromatic rings. The highest BCUT2D eigenvalue weighted by Crippen LogP contribution is 2.21. The van der Waals surface area contributed by atoms with Crippen LogP contribution in [0.3, 0.4) is 0 Å². The van der Waals surface area contributed by atoms with Crippen molar-refractivity contribution >= 4 is 34.4 Å². The fourth-order valence-electron chi connectivity index (χ4n) is 1.34. The van der Waals surface area contributed by atoms with Gasteiger partial charge in [-0.05, 0) is 36.1 Å². The van der Waals surface area contributed by atoms with Gasteiger partial charge in [0, 0.05) is 4.88 Å². The van der Waals surface area contributed by atoms with Gasteiger partial charge in [0.15, 0.2) is 5.82 Å². The zero-order chi connectivity index (χ0) is 11.5. The molecule has 0 saturated heterocycles. The van der Waals surface area contributed by atoms with E-state index in [1.807, 2.05) is 0 Å². The van der Waals surface area contributed by atoms with E-state index in [4.69, 9.17) is 17.3 Å². The van der Waals surface area contributed by atoms with Crippen molar-refractivity contribution in [3.05, 3.63) is 39.2 Å². The van der Waals surface area contributed by atoms with Crippen LogP contribution < -0.4 is 11.1 Å². The first kappa shape index (κ1) is 11.2. The number of hydrogen-bond donors (Lipinski definition) is 2. The monoisotopic (exact) mass is 253 g/mol. The molecule has 0 amide bonds. The number of nitrogens with two attached hydrogens (primary N) is 1. The highest BCUT2D eigenvalue weighted by atomic mass is 35.5. The molecule has 5 heteroatoms. The number of anilines is 2. The van der Waals surface area contributed by atoms with Gasteiger partial charge in [-0.1, -0.05) is 11.6 Å². The zero-order valence-electron chi connectivity index (χ0n) is 8.83. The van der Waals surface area contributed by atoms with Crippen LogP contribution in [0.15, 0.2) is 23.6 Å². The summed E-state index contributed by atoms with van der Waals surface area (Å²) in [5.41, 5.74) is 7.67. The van der Waals surface area contributed by atoms with Crippen molar-refractivity contribution in [2.45, 2.75) is 13.5 Å². The highest BCUT2D eigenvalue weighted by molar-refractivity contribution is 7.10. The minimum atomic E-state index is 0.444. The van der Waals surface area contributed by atoms with Gasteiger partial charge in [0.05, 0.1) is 12.2 Å². The summed E-state index contributed by atoms with van der Waals surface area (Å²) >= 11 is 7.52. The molecule has 84 valence electrons. The van der Waals surface area contributed by atoms with Crippen LogP contribution in [0.4, 0.5) is 11.5 Å². The van der Waals surface area contributed by atoms with E-state index in [0.29, 0.717) is 16.7 Å². The second-order valence-electron chi connectivity index (χ2n) is 3.45. The molecular formula is C11H12ClN3S. The molecule has 0 aromatic carbocycles. The van der Waals surface area contributed by atoms with Gasteiger partial charge >= 0.3 is 0 Å². The molecule has 3 nitrogen and oxygen atoms in total. The number of thiophene rings is 1. The van der Waals surface area contributed by atoms with Crippen LogP contribution in [0.5, 0.6) is 0 Å². The maximum absolute atomic E-state index is 5.80. The smallest absolute Gasteiger partial charge is 0.151 e. The van der Waals surface area contributed by atoms with Crippen molar-refractivity contribution in [1.82, 2.24) is 4.98 Å². The molecule has 2 aromatic heterocycles. The summed E-state index contributed by atoms with van der Waals surface area (Å²) in [5, 5.41) is 5.70. The molecule has 0 atom stereocenters. The van der Waals surface area contributed by atoms with Gasteiger partial charge in [-0.2, -0.15) is 0 Å². The second kappa shape index (κ2) is 4.72. The van der Waals surface area contributed by atoms with E-state index in [0.717, 1.165) is 6.54 Å². The standard InChI is InChI=1S/C11H12ClN3S/c1-7-4-5-16-9(7)6-14-11-8(13)2-3-10(12)15-11/h2-5H,6,13H2,1H3,(H,14,15).